The van der Waals surface area contributed by atoms with E-state index in [0.29, 0.717) is 0 Å². The first kappa shape index (κ1) is 12.9. The van der Waals surface area contributed by atoms with E-state index in [1.54, 1.807) is 11.3 Å². The largest absolute Gasteiger partial charge is 0.399 e. The molecule has 102 valence electrons. The molecule has 2 heterocycles. The van der Waals surface area contributed by atoms with Gasteiger partial charge in [0.1, 0.15) is 5.82 Å². The molecule has 0 saturated carbocycles. The van der Waals surface area contributed by atoms with Gasteiger partial charge in [0.15, 0.2) is 0 Å². The summed E-state index contributed by atoms with van der Waals surface area (Å²) in [6, 6.07) is 9.77. The lowest BCUT2D eigenvalue weighted by Gasteiger charge is -2.06. The van der Waals surface area contributed by atoms with Crippen LogP contribution in [0.2, 0.25) is 0 Å². The molecule has 0 atom stereocenters. The third kappa shape index (κ3) is 2.88. The number of thiazole rings is 1. The lowest BCUT2D eigenvalue weighted by atomic mass is 10.2. The molecule has 0 saturated heterocycles. The van der Waals surface area contributed by atoms with Crippen molar-refractivity contribution in [2.45, 2.75) is 13.3 Å². The van der Waals surface area contributed by atoms with Gasteiger partial charge in [-0.3, -0.25) is 0 Å². The number of aromatic nitrogens is 2. The zero-order valence-corrected chi connectivity index (χ0v) is 12.1. The topological polar surface area (TPSA) is 63.8 Å². The number of benzene rings is 1. The van der Waals surface area contributed by atoms with Crippen molar-refractivity contribution >= 4 is 33.7 Å². The van der Waals surface area contributed by atoms with Crippen molar-refractivity contribution in [3.8, 4) is 0 Å². The van der Waals surface area contributed by atoms with E-state index in [1.807, 2.05) is 37.3 Å². The zero-order valence-electron chi connectivity index (χ0n) is 11.3. The zero-order chi connectivity index (χ0) is 13.9. The Balaban J connectivity index is 1.67. The summed E-state index contributed by atoms with van der Waals surface area (Å²) in [5.74, 6) is 0.885. The third-order valence-electron chi connectivity index (χ3n) is 3.02. The number of hydrogen-bond donors (Lipinski definition) is 2. The van der Waals surface area contributed by atoms with Crippen LogP contribution in [0, 0.1) is 6.92 Å². The lowest BCUT2D eigenvalue weighted by Crippen LogP contribution is -2.06. The van der Waals surface area contributed by atoms with Gasteiger partial charge in [-0.1, -0.05) is 0 Å². The first-order chi connectivity index (χ1) is 9.70. The van der Waals surface area contributed by atoms with Crippen molar-refractivity contribution < 1.29 is 0 Å². The number of nitrogen functional groups attached to an aromatic ring is 1. The Morgan fingerprint density at radius 3 is 2.90 bits per heavy atom. The number of rotatable bonds is 4. The van der Waals surface area contributed by atoms with Crippen molar-refractivity contribution in [1.82, 2.24) is 9.97 Å². The molecule has 3 rings (SSSR count). The van der Waals surface area contributed by atoms with Gasteiger partial charge in [0.2, 0.25) is 0 Å². The summed E-state index contributed by atoms with van der Waals surface area (Å²) in [7, 11) is 0. The fourth-order valence-corrected chi connectivity index (χ4v) is 2.83. The van der Waals surface area contributed by atoms with Crippen molar-refractivity contribution in [2.75, 3.05) is 17.6 Å². The average Bonchev–Trinajstić information content (AvgIpc) is 2.85. The van der Waals surface area contributed by atoms with Crippen LogP contribution in [0.5, 0.6) is 0 Å². The van der Waals surface area contributed by atoms with Gasteiger partial charge in [0.05, 0.1) is 10.5 Å². The second-order valence-electron chi connectivity index (χ2n) is 4.71. The van der Waals surface area contributed by atoms with Crippen LogP contribution in [0.15, 0.2) is 35.7 Å². The number of nitrogens with zero attached hydrogens (tertiary/aromatic N) is 2. The van der Waals surface area contributed by atoms with E-state index in [2.05, 4.69) is 20.7 Å². The molecule has 0 unspecified atom stereocenters. The molecule has 1 aromatic carbocycles. The van der Waals surface area contributed by atoms with E-state index in [1.165, 1.54) is 0 Å². The summed E-state index contributed by atoms with van der Waals surface area (Å²) in [6.07, 6.45) is 0.917. The van der Waals surface area contributed by atoms with Crippen LogP contribution in [-0.2, 0) is 6.42 Å². The van der Waals surface area contributed by atoms with E-state index in [4.69, 9.17) is 5.73 Å². The molecule has 0 fully saturated rings. The van der Waals surface area contributed by atoms with Gasteiger partial charge >= 0.3 is 0 Å². The fraction of sp³-hybridized carbons (Fsp3) is 0.200. The summed E-state index contributed by atoms with van der Waals surface area (Å²) in [5, 5.41) is 7.63. The van der Waals surface area contributed by atoms with Crippen LogP contribution in [0.25, 0.3) is 10.9 Å². The van der Waals surface area contributed by atoms with Crippen LogP contribution in [-0.4, -0.2) is 16.5 Å². The first-order valence-electron chi connectivity index (χ1n) is 6.52. The van der Waals surface area contributed by atoms with Gasteiger partial charge in [-0.15, -0.1) is 11.3 Å². The number of aryl methyl sites for hydroxylation is 1. The number of hydrogen-bond acceptors (Lipinski definition) is 5. The Morgan fingerprint density at radius 2 is 2.10 bits per heavy atom. The molecule has 0 aliphatic rings. The molecule has 4 nitrogen and oxygen atoms in total. The predicted molar refractivity (Wildman–Crippen MR) is 85.2 cm³/mol. The highest BCUT2D eigenvalue weighted by Crippen LogP contribution is 2.18. The molecular weight excluding hydrogens is 268 g/mol. The molecule has 3 aromatic rings. The molecule has 5 heteroatoms. The summed E-state index contributed by atoms with van der Waals surface area (Å²) >= 11 is 1.70. The van der Waals surface area contributed by atoms with Crippen molar-refractivity contribution in [3.05, 3.63) is 46.4 Å². The monoisotopic (exact) mass is 284 g/mol. The van der Waals surface area contributed by atoms with E-state index in [-0.39, 0.29) is 0 Å². The minimum atomic E-state index is 0.763. The number of fused-ring (bicyclic) bond motifs is 1. The number of anilines is 2. The molecule has 0 amide bonds. The summed E-state index contributed by atoms with van der Waals surface area (Å²) in [5.41, 5.74) is 8.56. The molecule has 3 N–H and O–H groups in total. The third-order valence-corrected chi connectivity index (χ3v) is 4.05. The molecule has 20 heavy (non-hydrogen) atoms. The molecule has 0 bridgehead atoms. The van der Waals surface area contributed by atoms with Crippen LogP contribution in [0.4, 0.5) is 11.5 Å². The Hall–Kier alpha value is -2.14. The number of nitrogens with one attached hydrogen (secondary N) is 1. The Morgan fingerprint density at radius 1 is 1.20 bits per heavy atom. The van der Waals surface area contributed by atoms with Gasteiger partial charge in [0, 0.05) is 35.1 Å². The first-order valence-corrected chi connectivity index (χ1v) is 7.40. The van der Waals surface area contributed by atoms with Crippen molar-refractivity contribution in [1.29, 1.82) is 0 Å². The molecule has 0 spiro atoms. The van der Waals surface area contributed by atoms with Crippen molar-refractivity contribution in [3.63, 3.8) is 0 Å². The maximum Gasteiger partial charge on any atom is 0.126 e. The van der Waals surface area contributed by atoms with Gasteiger partial charge in [0.25, 0.3) is 0 Å². The molecule has 2 aromatic heterocycles. The molecule has 0 radical (unpaired) electrons. The quantitative estimate of drug-likeness (QED) is 0.722. The van der Waals surface area contributed by atoms with Crippen LogP contribution < -0.4 is 11.1 Å². The second-order valence-corrected chi connectivity index (χ2v) is 5.65. The van der Waals surface area contributed by atoms with Gasteiger partial charge in [-0.25, -0.2) is 9.97 Å². The highest BCUT2D eigenvalue weighted by atomic mass is 32.1. The fourth-order valence-electron chi connectivity index (χ4n) is 2.06. The summed E-state index contributed by atoms with van der Waals surface area (Å²) in [6.45, 7) is 2.85. The summed E-state index contributed by atoms with van der Waals surface area (Å²) < 4.78 is 0. The Bertz CT molecular complexity index is 736. The molecular formula is C15H16N4S. The highest BCUT2D eigenvalue weighted by Gasteiger charge is 2.01. The summed E-state index contributed by atoms with van der Waals surface area (Å²) in [4.78, 5) is 9.01. The van der Waals surface area contributed by atoms with E-state index < -0.39 is 0 Å². The van der Waals surface area contributed by atoms with E-state index >= 15 is 0 Å². The lowest BCUT2D eigenvalue weighted by molar-refractivity contribution is 0.980. The standard InChI is InChI=1S/C15H16N4S/c1-10-9-20-15(18-10)6-7-17-14-5-2-11-8-12(16)3-4-13(11)19-14/h2-5,8-9H,6-7,16H2,1H3,(H,17,19). The van der Waals surface area contributed by atoms with Crippen LogP contribution in [0.3, 0.4) is 0 Å². The van der Waals surface area contributed by atoms with Crippen LogP contribution in [0.1, 0.15) is 10.7 Å². The normalized spacial score (nSPS) is 10.8. The molecule has 0 aliphatic carbocycles. The van der Waals surface area contributed by atoms with E-state index in [9.17, 15) is 0 Å². The van der Waals surface area contributed by atoms with Gasteiger partial charge in [-0.2, -0.15) is 0 Å². The van der Waals surface area contributed by atoms with Gasteiger partial charge < -0.3 is 11.1 Å². The average molecular weight is 284 g/mol. The number of pyridine rings is 1. The van der Waals surface area contributed by atoms with Gasteiger partial charge in [-0.05, 0) is 37.3 Å². The smallest absolute Gasteiger partial charge is 0.126 e. The maximum absolute atomic E-state index is 5.76. The highest BCUT2D eigenvalue weighted by molar-refractivity contribution is 7.09. The maximum atomic E-state index is 5.76. The van der Waals surface area contributed by atoms with E-state index in [0.717, 1.165) is 46.1 Å². The molecule has 0 aliphatic heterocycles. The van der Waals surface area contributed by atoms with Crippen molar-refractivity contribution in [2.24, 2.45) is 0 Å². The van der Waals surface area contributed by atoms with Crippen LogP contribution >= 0.6 is 11.3 Å². The Labute approximate surface area is 121 Å². The Kier molecular flexibility index (Phi) is 3.52. The number of nitrogens with two attached hydrogens (primary N) is 1. The minimum absolute atomic E-state index is 0.763. The predicted octanol–water partition coefficient (Wildman–Crippen LogP) is 3.24. The SMILES string of the molecule is Cc1csc(CCNc2ccc3cc(N)ccc3n2)n1. The second kappa shape index (κ2) is 5.46. The minimum Gasteiger partial charge on any atom is -0.399 e.